The second-order valence-corrected chi connectivity index (χ2v) is 8.21. The van der Waals surface area contributed by atoms with Crippen molar-refractivity contribution in [2.45, 2.75) is 38.6 Å². The minimum atomic E-state index is -0.249. The fraction of sp³-hybridized carbons (Fsp3) is 0.348. The van der Waals surface area contributed by atoms with Crippen molar-refractivity contribution in [1.82, 2.24) is 9.88 Å². The van der Waals surface area contributed by atoms with Gasteiger partial charge in [0.05, 0.1) is 6.04 Å². The zero-order valence-corrected chi connectivity index (χ0v) is 17.8. The molecule has 1 aliphatic heterocycles. The Morgan fingerprint density at radius 3 is 2.53 bits per heavy atom. The number of carbonyl (C=O) groups is 2. The predicted molar refractivity (Wildman–Crippen MR) is 117 cm³/mol. The first-order chi connectivity index (χ1) is 14.4. The molecule has 1 saturated heterocycles. The van der Waals surface area contributed by atoms with Crippen LogP contribution in [0, 0.1) is 0 Å². The average Bonchev–Trinajstić information content (AvgIpc) is 3.17. The van der Waals surface area contributed by atoms with Crippen LogP contribution < -0.4 is 5.32 Å². The van der Waals surface area contributed by atoms with Gasteiger partial charge in [0.25, 0.3) is 0 Å². The highest BCUT2D eigenvalue weighted by molar-refractivity contribution is 6.31. The Labute approximate surface area is 180 Å². The summed E-state index contributed by atoms with van der Waals surface area (Å²) in [4.78, 5) is 30.8. The number of piperidine rings is 1. The summed E-state index contributed by atoms with van der Waals surface area (Å²) in [5, 5.41) is 3.58. The minimum Gasteiger partial charge on any atom is -0.440 e. The Kier molecular flexibility index (Phi) is 5.88. The average molecular weight is 426 g/mol. The molecule has 1 unspecified atom stereocenters. The van der Waals surface area contributed by atoms with Gasteiger partial charge in [-0.25, -0.2) is 4.98 Å². The fourth-order valence-corrected chi connectivity index (χ4v) is 3.99. The Balaban J connectivity index is 1.34. The second-order valence-electron chi connectivity index (χ2n) is 7.77. The van der Waals surface area contributed by atoms with Crippen molar-refractivity contribution >= 4 is 40.1 Å². The first kappa shape index (κ1) is 20.6. The van der Waals surface area contributed by atoms with Gasteiger partial charge in [0.1, 0.15) is 5.52 Å². The number of oxazole rings is 1. The summed E-state index contributed by atoms with van der Waals surface area (Å²) < 4.78 is 5.92. The van der Waals surface area contributed by atoms with Crippen LogP contribution in [-0.2, 0) is 4.79 Å². The van der Waals surface area contributed by atoms with Crippen LogP contribution in [-0.4, -0.2) is 40.7 Å². The van der Waals surface area contributed by atoms with Crippen LogP contribution in [0.4, 0.5) is 5.69 Å². The molecule has 0 spiro atoms. The molecule has 1 atom stereocenters. The minimum absolute atomic E-state index is 0.00570. The maximum Gasteiger partial charge on any atom is 0.241 e. The molecule has 1 aliphatic rings. The highest BCUT2D eigenvalue weighted by atomic mass is 35.5. The predicted octanol–water partition coefficient (Wildman–Crippen LogP) is 4.89. The van der Waals surface area contributed by atoms with Crippen molar-refractivity contribution in [3.63, 3.8) is 0 Å². The molecule has 2 aromatic carbocycles. The molecule has 1 aromatic heterocycles. The number of fused-ring (bicyclic) bond motifs is 1. The van der Waals surface area contributed by atoms with Gasteiger partial charge >= 0.3 is 0 Å². The van der Waals surface area contributed by atoms with Crippen LogP contribution in [0.2, 0.25) is 5.02 Å². The van der Waals surface area contributed by atoms with Gasteiger partial charge < -0.3 is 9.73 Å². The Morgan fingerprint density at radius 1 is 1.17 bits per heavy atom. The van der Waals surface area contributed by atoms with Gasteiger partial charge in [-0.15, -0.1) is 0 Å². The van der Waals surface area contributed by atoms with Crippen molar-refractivity contribution in [3.05, 3.63) is 58.9 Å². The van der Waals surface area contributed by atoms with Gasteiger partial charge in [-0.05, 0) is 82.2 Å². The number of hydrogen-bond acceptors (Lipinski definition) is 5. The van der Waals surface area contributed by atoms with E-state index in [1.807, 2.05) is 19.1 Å². The first-order valence-corrected chi connectivity index (χ1v) is 10.5. The summed E-state index contributed by atoms with van der Waals surface area (Å²) in [6.45, 7) is 5.03. The molecule has 156 valence electrons. The topological polar surface area (TPSA) is 75.4 Å². The summed E-state index contributed by atoms with van der Waals surface area (Å²) in [6.07, 6.45) is 1.76. The van der Waals surface area contributed by atoms with Crippen LogP contribution in [0.1, 0.15) is 48.9 Å². The molecular weight excluding hydrogens is 402 g/mol. The van der Waals surface area contributed by atoms with Crippen molar-refractivity contribution in [1.29, 1.82) is 0 Å². The van der Waals surface area contributed by atoms with Crippen LogP contribution in [0.15, 0.2) is 46.9 Å². The highest BCUT2D eigenvalue weighted by Gasteiger charge is 2.29. The third-order valence-corrected chi connectivity index (χ3v) is 5.97. The number of carbonyl (C=O) groups excluding carboxylic acids is 2. The lowest BCUT2D eigenvalue weighted by molar-refractivity contribution is -0.121. The first-order valence-electron chi connectivity index (χ1n) is 10.1. The molecular formula is C23H24ClN3O3. The molecule has 0 aliphatic carbocycles. The smallest absolute Gasteiger partial charge is 0.241 e. The normalized spacial score (nSPS) is 16.5. The number of anilines is 1. The fourth-order valence-electron chi connectivity index (χ4n) is 3.83. The highest BCUT2D eigenvalue weighted by Crippen LogP contribution is 2.31. The van der Waals surface area contributed by atoms with E-state index in [1.54, 1.807) is 30.3 Å². The molecule has 1 fully saturated rings. The number of ketones is 1. The van der Waals surface area contributed by atoms with Crippen molar-refractivity contribution in [2.75, 3.05) is 18.4 Å². The molecule has 0 bridgehead atoms. The van der Waals surface area contributed by atoms with Gasteiger partial charge in [-0.3, -0.25) is 14.5 Å². The van der Waals surface area contributed by atoms with Crippen molar-refractivity contribution in [2.24, 2.45) is 0 Å². The third kappa shape index (κ3) is 4.40. The third-order valence-electron chi connectivity index (χ3n) is 5.73. The van der Waals surface area contributed by atoms with E-state index >= 15 is 0 Å². The monoisotopic (exact) mass is 425 g/mol. The number of hydrogen-bond donors (Lipinski definition) is 1. The van der Waals surface area contributed by atoms with Gasteiger partial charge in [0.2, 0.25) is 5.91 Å². The Morgan fingerprint density at radius 2 is 1.87 bits per heavy atom. The summed E-state index contributed by atoms with van der Waals surface area (Å²) >= 11 is 6.04. The Hall–Kier alpha value is -2.70. The second kappa shape index (κ2) is 8.58. The Bertz CT molecular complexity index is 1070. The van der Waals surface area contributed by atoms with Crippen LogP contribution in [0.5, 0.6) is 0 Å². The number of aromatic nitrogens is 1. The number of halogens is 1. The van der Waals surface area contributed by atoms with Crippen LogP contribution >= 0.6 is 11.6 Å². The molecule has 4 rings (SSSR count). The number of benzene rings is 2. The van der Waals surface area contributed by atoms with E-state index in [0.717, 1.165) is 42.9 Å². The van der Waals surface area contributed by atoms with E-state index in [2.05, 4.69) is 15.2 Å². The van der Waals surface area contributed by atoms with E-state index in [1.165, 1.54) is 6.92 Å². The van der Waals surface area contributed by atoms with Gasteiger partial charge in [-0.2, -0.15) is 0 Å². The van der Waals surface area contributed by atoms with Gasteiger partial charge in [0, 0.05) is 22.2 Å². The molecule has 7 heteroatoms. The molecule has 1 amide bonds. The summed E-state index contributed by atoms with van der Waals surface area (Å²) in [7, 11) is 0. The maximum absolute atomic E-state index is 12.7. The molecule has 1 N–H and O–H groups in total. The number of nitrogens with one attached hydrogen (secondary N) is 1. The van der Waals surface area contributed by atoms with E-state index in [4.69, 9.17) is 16.0 Å². The van der Waals surface area contributed by atoms with Crippen LogP contribution in [0.25, 0.3) is 11.1 Å². The largest absolute Gasteiger partial charge is 0.440 e. The lowest BCUT2D eigenvalue weighted by Gasteiger charge is -2.34. The molecule has 0 radical (unpaired) electrons. The number of amides is 1. The molecule has 30 heavy (non-hydrogen) atoms. The lowest BCUT2D eigenvalue weighted by atomic mass is 9.95. The van der Waals surface area contributed by atoms with E-state index < -0.39 is 0 Å². The van der Waals surface area contributed by atoms with Crippen LogP contribution in [0.3, 0.4) is 0 Å². The summed E-state index contributed by atoms with van der Waals surface area (Å²) in [5.74, 6) is 0.933. The summed E-state index contributed by atoms with van der Waals surface area (Å²) in [5.41, 5.74) is 2.85. The molecule has 0 saturated carbocycles. The standard InChI is InChI=1S/C23H24ClN3O3/c1-14(22(29)25-19-6-3-16(4-7-19)15(2)28)27-11-9-17(10-12-27)23-26-20-13-18(24)5-8-21(20)30-23/h3-8,13-14,17H,9-12H2,1-2H3,(H,25,29). The number of likely N-dealkylation sites (tertiary alicyclic amines) is 1. The van der Waals surface area contributed by atoms with Gasteiger partial charge in [0.15, 0.2) is 17.3 Å². The zero-order valence-electron chi connectivity index (χ0n) is 17.0. The van der Waals surface area contributed by atoms with E-state index in [-0.39, 0.29) is 23.7 Å². The number of nitrogens with zero attached hydrogens (tertiary/aromatic N) is 2. The number of Topliss-reactive ketones (excluding diaryl/α,β-unsaturated/α-hetero) is 1. The molecule has 3 aromatic rings. The number of rotatable bonds is 5. The van der Waals surface area contributed by atoms with E-state index in [0.29, 0.717) is 16.3 Å². The van der Waals surface area contributed by atoms with Crippen molar-refractivity contribution < 1.29 is 14.0 Å². The SMILES string of the molecule is CC(=O)c1ccc(NC(=O)C(C)N2CCC(c3nc4cc(Cl)ccc4o3)CC2)cc1. The van der Waals surface area contributed by atoms with Gasteiger partial charge in [-0.1, -0.05) is 11.6 Å². The maximum atomic E-state index is 12.7. The molecule has 6 nitrogen and oxygen atoms in total. The van der Waals surface area contributed by atoms with E-state index in [9.17, 15) is 9.59 Å². The lowest BCUT2D eigenvalue weighted by Crippen LogP contribution is -2.45. The quantitative estimate of drug-likeness (QED) is 0.589. The summed E-state index contributed by atoms with van der Waals surface area (Å²) in [6, 6.07) is 12.2. The molecule has 2 heterocycles. The van der Waals surface area contributed by atoms with Crippen molar-refractivity contribution in [3.8, 4) is 0 Å². The zero-order chi connectivity index (χ0) is 21.3.